The Morgan fingerprint density at radius 2 is 1.88 bits per heavy atom. The van der Waals surface area contributed by atoms with Crippen LogP contribution >= 0.6 is 0 Å². The summed E-state index contributed by atoms with van der Waals surface area (Å²) >= 11 is 0. The van der Waals surface area contributed by atoms with Gasteiger partial charge in [-0.1, -0.05) is 6.92 Å². The van der Waals surface area contributed by atoms with Crippen LogP contribution < -0.4 is 0 Å². The van der Waals surface area contributed by atoms with E-state index in [0.717, 1.165) is 45.6 Å². The number of sulfone groups is 1. The van der Waals surface area contributed by atoms with Crippen LogP contribution in [0.2, 0.25) is 0 Å². The molecule has 3 fully saturated rings. The quantitative estimate of drug-likeness (QED) is 0.655. The molecule has 0 saturated carbocycles. The van der Waals surface area contributed by atoms with Gasteiger partial charge >= 0.3 is 0 Å². The minimum Gasteiger partial charge on any atom is -0.369 e. The van der Waals surface area contributed by atoms with Gasteiger partial charge in [-0.3, -0.25) is 14.6 Å². The summed E-state index contributed by atoms with van der Waals surface area (Å²) in [7, 11) is -0.923. The van der Waals surface area contributed by atoms with Crippen LogP contribution in [0.25, 0.3) is 0 Å². The number of carbonyl (C=O) groups is 1. The number of carbonyl (C=O) groups excluding carboxylic acids is 1. The number of amides is 1. The van der Waals surface area contributed by atoms with Crippen LogP contribution in [0, 0.1) is 0 Å². The molecule has 3 saturated heterocycles. The van der Waals surface area contributed by atoms with Crippen molar-refractivity contribution < 1.29 is 17.9 Å². The van der Waals surface area contributed by atoms with Gasteiger partial charge in [0.1, 0.15) is 11.6 Å². The zero-order chi connectivity index (χ0) is 17.4. The zero-order valence-corrected chi connectivity index (χ0v) is 15.6. The van der Waals surface area contributed by atoms with E-state index in [4.69, 9.17) is 4.74 Å². The van der Waals surface area contributed by atoms with Crippen LogP contribution in [0.1, 0.15) is 19.8 Å². The van der Waals surface area contributed by atoms with E-state index in [2.05, 4.69) is 9.80 Å². The summed E-state index contributed by atoms with van der Waals surface area (Å²) in [6.45, 7) is 6.66. The summed E-state index contributed by atoms with van der Waals surface area (Å²) in [6, 6.07) is -0.178. The van der Waals surface area contributed by atoms with E-state index in [9.17, 15) is 13.2 Å². The highest BCUT2D eigenvalue weighted by Crippen LogP contribution is 2.31. The van der Waals surface area contributed by atoms with Crippen molar-refractivity contribution in [1.82, 2.24) is 14.7 Å². The van der Waals surface area contributed by atoms with Gasteiger partial charge in [0.15, 0.2) is 9.84 Å². The van der Waals surface area contributed by atoms with Gasteiger partial charge < -0.3 is 9.64 Å². The van der Waals surface area contributed by atoms with Crippen molar-refractivity contribution in [3.8, 4) is 0 Å². The highest BCUT2D eigenvalue weighted by molar-refractivity contribution is 7.91. The molecule has 3 aliphatic heterocycles. The highest BCUT2D eigenvalue weighted by Gasteiger charge is 2.50. The Labute approximate surface area is 144 Å². The molecule has 0 N–H and O–H groups in total. The molecule has 1 spiro atoms. The lowest BCUT2D eigenvalue weighted by Gasteiger charge is -2.55. The van der Waals surface area contributed by atoms with Gasteiger partial charge in [-0.15, -0.1) is 0 Å². The standard InChI is InChI=1S/C16H29N3O4S/c1-3-24(21,22)9-8-18-12-16(13-18)11-17(2)14(10-23-16)15(20)19-6-4-5-7-19/h14H,3-13H2,1-2H3/t14-/m0/s1. The molecule has 8 heteroatoms. The molecule has 3 aliphatic rings. The lowest BCUT2D eigenvalue weighted by Crippen LogP contribution is -2.72. The minimum atomic E-state index is -2.92. The largest absolute Gasteiger partial charge is 0.369 e. The predicted octanol–water partition coefficient (Wildman–Crippen LogP) is -0.571. The van der Waals surface area contributed by atoms with Crippen molar-refractivity contribution in [3.63, 3.8) is 0 Å². The lowest BCUT2D eigenvalue weighted by atomic mass is 9.90. The van der Waals surface area contributed by atoms with Crippen LogP contribution in [0.4, 0.5) is 0 Å². The Morgan fingerprint density at radius 1 is 1.21 bits per heavy atom. The molecular weight excluding hydrogens is 330 g/mol. The predicted molar refractivity (Wildman–Crippen MR) is 91.7 cm³/mol. The first-order valence-electron chi connectivity index (χ1n) is 8.90. The number of nitrogens with zero attached hydrogens (tertiary/aromatic N) is 3. The number of hydrogen-bond donors (Lipinski definition) is 0. The van der Waals surface area contributed by atoms with Gasteiger partial charge in [0.05, 0.1) is 12.4 Å². The minimum absolute atomic E-state index is 0.178. The van der Waals surface area contributed by atoms with E-state index in [1.54, 1.807) is 6.92 Å². The maximum atomic E-state index is 12.6. The van der Waals surface area contributed by atoms with Gasteiger partial charge in [0, 0.05) is 45.0 Å². The Morgan fingerprint density at radius 3 is 2.46 bits per heavy atom. The molecule has 0 aliphatic carbocycles. The van der Waals surface area contributed by atoms with Gasteiger partial charge in [0.2, 0.25) is 5.91 Å². The number of likely N-dealkylation sites (N-methyl/N-ethyl adjacent to an activating group) is 1. The zero-order valence-electron chi connectivity index (χ0n) is 14.7. The van der Waals surface area contributed by atoms with Crippen LogP contribution in [-0.4, -0.2) is 105 Å². The average Bonchev–Trinajstić information content (AvgIpc) is 3.05. The average molecular weight is 359 g/mol. The van der Waals surface area contributed by atoms with Crippen molar-refractivity contribution in [3.05, 3.63) is 0 Å². The summed E-state index contributed by atoms with van der Waals surface area (Å²) in [6.07, 6.45) is 2.20. The van der Waals surface area contributed by atoms with E-state index < -0.39 is 9.84 Å². The van der Waals surface area contributed by atoms with Crippen molar-refractivity contribution >= 4 is 15.7 Å². The van der Waals surface area contributed by atoms with Crippen LogP contribution in [-0.2, 0) is 19.4 Å². The molecule has 3 heterocycles. The molecule has 1 atom stereocenters. The molecule has 1 amide bonds. The Bertz CT molecular complexity index is 568. The molecule has 3 rings (SSSR count). The van der Waals surface area contributed by atoms with Gasteiger partial charge in [-0.05, 0) is 19.9 Å². The molecule has 0 aromatic carbocycles. The number of morpholine rings is 1. The summed E-state index contributed by atoms with van der Waals surface area (Å²) < 4.78 is 29.3. The molecule has 0 bridgehead atoms. The molecule has 24 heavy (non-hydrogen) atoms. The fourth-order valence-electron chi connectivity index (χ4n) is 3.93. The monoisotopic (exact) mass is 359 g/mol. The van der Waals surface area contributed by atoms with Gasteiger partial charge in [-0.25, -0.2) is 8.42 Å². The van der Waals surface area contributed by atoms with E-state index >= 15 is 0 Å². The first-order chi connectivity index (χ1) is 11.3. The highest BCUT2D eigenvalue weighted by atomic mass is 32.2. The second kappa shape index (κ2) is 6.90. The number of ether oxygens (including phenoxy) is 1. The normalized spacial score (nSPS) is 28.2. The van der Waals surface area contributed by atoms with Crippen molar-refractivity contribution in [2.45, 2.75) is 31.4 Å². The maximum absolute atomic E-state index is 12.6. The van der Waals surface area contributed by atoms with Crippen LogP contribution in [0.5, 0.6) is 0 Å². The lowest BCUT2D eigenvalue weighted by molar-refractivity contribution is -0.198. The van der Waals surface area contributed by atoms with E-state index in [1.807, 2.05) is 11.9 Å². The first kappa shape index (κ1) is 18.1. The summed E-state index contributed by atoms with van der Waals surface area (Å²) in [5, 5.41) is 0. The fourth-order valence-corrected chi connectivity index (χ4v) is 4.76. The second-order valence-electron chi connectivity index (χ2n) is 7.40. The number of likely N-dealkylation sites (tertiary alicyclic amines) is 2. The Hall–Kier alpha value is -0.700. The van der Waals surface area contributed by atoms with Gasteiger partial charge in [0.25, 0.3) is 0 Å². The Balaban J connectivity index is 1.47. The number of hydrogen-bond acceptors (Lipinski definition) is 6. The molecular formula is C16H29N3O4S. The van der Waals surface area contributed by atoms with Gasteiger partial charge in [-0.2, -0.15) is 0 Å². The maximum Gasteiger partial charge on any atom is 0.242 e. The molecule has 0 radical (unpaired) electrons. The topological polar surface area (TPSA) is 70.2 Å². The van der Waals surface area contributed by atoms with Crippen molar-refractivity contribution in [2.75, 3.05) is 64.4 Å². The van der Waals surface area contributed by atoms with Crippen LogP contribution in [0.15, 0.2) is 0 Å². The first-order valence-corrected chi connectivity index (χ1v) is 10.7. The SMILES string of the molecule is CCS(=O)(=O)CCN1CC2(C1)CN(C)[C@H](C(=O)N1CCCC1)CO2. The molecule has 138 valence electrons. The Kier molecular flexibility index (Phi) is 5.20. The van der Waals surface area contributed by atoms with E-state index in [0.29, 0.717) is 13.2 Å². The summed E-state index contributed by atoms with van der Waals surface area (Å²) in [5.41, 5.74) is -0.230. The van der Waals surface area contributed by atoms with Crippen molar-refractivity contribution in [2.24, 2.45) is 0 Å². The number of rotatable bonds is 5. The third-order valence-electron chi connectivity index (χ3n) is 5.50. The third-order valence-corrected chi connectivity index (χ3v) is 7.19. The molecule has 7 nitrogen and oxygen atoms in total. The van der Waals surface area contributed by atoms with E-state index in [1.165, 1.54) is 0 Å². The molecule has 0 unspecified atom stereocenters. The third kappa shape index (κ3) is 3.76. The second-order valence-corrected chi connectivity index (χ2v) is 9.88. The summed E-state index contributed by atoms with van der Waals surface area (Å²) in [4.78, 5) is 18.8. The fraction of sp³-hybridized carbons (Fsp3) is 0.938. The smallest absolute Gasteiger partial charge is 0.242 e. The van der Waals surface area contributed by atoms with Crippen LogP contribution in [0.3, 0.4) is 0 Å². The summed E-state index contributed by atoms with van der Waals surface area (Å²) in [5.74, 6) is 0.604. The molecule has 0 aromatic rings. The van der Waals surface area contributed by atoms with Crippen molar-refractivity contribution in [1.29, 1.82) is 0 Å². The van der Waals surface area contributed by atoms with E-state index in [-0.39, 0.29) is 29.1 Å². The molecule has 0 aromatic heterocycles.